The van der Waals surface area contributed by atoms with E-state index in [0.717, 1.165) is 18.5 Å². The molecule has 0 spiro atoms. The molecule has 1 amide bonds. The molecule has 0 aromatic heterocycles. The van der Waals surface area contributed by atoms with E-state index in [4.69, 9.17) is 4.74 Å². The molecule has 0 saturated heterocycles. The number of methoxy groups -OCH3 is 1. The number of hydrogen-bond acceptors (Lipinski definition) is 3. The molecule has 1 N–H and O–H groups in total. The fourth-order valence-electron chi connectivity index (χ4n) is 2.00. The number of nitrogens with zero attached hydrogens (tertiary/aromatic N) is 1. The van der Waals surface area contributed by atoms with Crippen molar-refractivity contribution in [2.45, 2.75) is 32.4 Å². The standard InChI is InChI=1S/C16H26N2O2/c1-5-13(2)18(3)12-11-17-16(19)15(20-4)14-9-7-6-8-10-14/h6-10,13,15H,5,11-12H2,1-4H3,(H,17,19)/t13-,15+/m0/s1. The number of carbonyl (C=O) groups excluding carboxylic acids is 1. The van der Waals surface area contributed by atoms with Crippen LogP contribution in [0.3, 0.4) is 0 Å². The molecular formula is C16H26N2O2. The maximum atomic E-state index is 12.1. The lowest BCUT2D eigenvalue weighted by Crippen LogP contribution is -2.39. The van der Waals surface area contributed by atoms with E-state index in [1.54, 1.807) is 7.11 Å². The first kappa shape index (κ1) is 16.7. The Balaban J connectivity index is 2.45. The molecule has 0 aliphatic rings. The van der Waals surface area contributed by atoms with Crippen molar-refractivity contribution in [2.24, 2.45) is 0 Å². The second kappa shape index (κ2) is 8.72. The Kier molecular flexibility index (Phi) is 7.26. The second-order valence-corrected chi connectivity index (χ2v) is 5.06. The lowest BCUT2D eigenvalue weighted by molar-refractivity contribution is -0.131. The van der Waals surface area contributed by atoms with Gasteiger partial charge < -0.3 is 15.0 Å². The molecule has 2 atom stereocenters. The molecule has 0 unspecified atom stereocenters. The molecule has 1 aromatic rings. The number of rotatable bonds is 8. The Morgan fingerprint density at radius 1 is 1.35 bits per heavy atom. The zero-order valence-electron chi connectivity index (χ0n) is 12.9. The first-order valence-corrected chi connectivity index (χ1v) is 7.15. The van der Waals surface area contributed by atoms with Crippen LogP contribution in [0.4, 0.5) is 0 Å². The van der Waals surface area contributed by atoms with Crippen LogP contribution in [0.1, 0.15) is 31.9 Å². The molecule has 1 rings (SSSR count). The van der Waals surface area contributed by atoms with Gasteiger partial charge in [-0.05, 0) is 26.0 Å². The van der Waals surface area contributed by atoms with Gasteiger partial charge in [0.2, 0.25) is 0 Å². The van der Waals surface area contributed by atoms with Crippen molar-refractivity contribution in [3.63, 3.8) is 0 Å². The molecule has 0 heterocycles. The molecule has 0 aliphatic carbocycles. The number of benzene rings is 1. The fraction of sp³-hybridized carbons (Fsp3) is 0.562. The fourth-order valence-corrected chi connectivity index (χ4v) is 2.00. The van der Waals surface area contributed by atoms with E-state index in [0.29, 0.717) is 12.6 Å². The summed E-state index contributed by atoms with van der Waals surface area (Å²) in [6, 6.07) is 10.1. The van der Waals surface area contributed by atoms with E-state index >= 15 is 0 Å². The third kappa shape index (κ3) is 4.94. The molecule has 0 bridgehead atoms. The van der Waals surface area contributed by atoms with Crippen LogP contribution in [0, 0.1) is 0 Å². The number of nitrogens with one attached hydrogen (secondary N) is 1. The van der Waals surface area contributed by atoms with Gasteiger partial charge in [-0.2, -0.15) is 0 Å². The van der Waals surface area contributed by atoms with Gasteiger partial charge in [-0.1, -0.05) is 37.3 Å². The van der Waals surface area contributed by atoms with Crippen LogP contribution < -0.4 is 5.32 Å². The summed E-state index contributed by atoms with van der Waals surface area (Å²) < 4.78 is 5.30. The van der Waals surface area contributed by atoms with Crippen LogP contribution in [0.5, 0.6) is 0 Å². The summed E-state index contributed by atoms with van der Waals surface area (Å²) in [4.78, 5) is 14.4. The Bertz CT molecular complexity index is 395. The van der Waals surface area contributed by atoms with Crippen LogP contribution in [0.2, 0.25) is 0 Å². The zero-order chi connectivity index (χ0) is 15.0. The van der Waals surface area contributed by atoms with Gasteiger partial charge in [-0.25, -0.2) is 0 Å². The van der Waals surface area contributed by atoms with E-state index in [-0.39, 0.29) is 5.91 Å². The van der Waals surface area contributed by atoms with Crippen molar-refractivity contribution < 1.29 is 9.53 Å². The minimum absolute atomic E-state index is 0.0868. The lowest BCUT2D eigenvalue weighted by Gasteiger charge is -2.24. The zero-order valence-corrected chi connectivity index (χ0v) is 12.9. The van der Waals surface area contributed by atoms with Gasteiger partial charge in [0.15, 0.2) is 6.10 Å². The summed E-state index contributed by atoms with van der Waals surface area (Å²) in [5, 5.41) is 2.94. The van der Waals surface area contributed by atoms with Crippen LogP contribution in [0.25, 0.3) is 0 Å². The van der Waals surface area contributed by atoms with Crippen LogP contribution in [0.15, 0.2) is 30.3 Å². The number of carbonyl (C=O) groups is 1. The Morgan fingerprint density at radius 3 is 2.55 bits per heavy atom. The second-order valence-electron chi connectivity index (χ2n) is 5.06. The topological polar surface area (TPSA) is 41.6 Å². The summed E-state index contributed by atoms with van der Waals surface area (Å²) >= 11 is 0. The predicted octanol–water partition coefficient (Wildman–Crippen LogP) is 2.22. The third-order valence-electron chi connectivity index (χ3n) is 3.68. The van der Waals surface area contributed by atoms with Gasteiger partial charge in [0.1, 0.15) is 0 Å². The van der Waals surface area contributed by atoms with Crippen molar-refractivity contribution in [1.82, 2.24) is 10.2 Å². The van der Waals surface area contributed by atoms with Crippen molar-refractivity contribution in [3.05, 3.63) is 35.9 Å². The number of amides is 1. The van der Waals surface area contributed by atoms with Gasteiger partial charge in [0.05, 0.1) is 0 Å². The van der Waals surface area contributed by atoms with Crippen molar-refractivity contribution >= 4 is 5.91 Å². The summed E-state index contributed by atoms with van der Waals surface area (Å²) in [5.41, 5.74) is 0.878. The average molecular weight is 278 g/mol. The predicted molar refractivity (Wildman–Crippen MR) is 81.6 cm³/mol. The van der Waals surface area contributed by atoms with Gasteiger partial charge in [-0.15, -0.1) is 0 Å². The van der Waals surface area contributed by atoms with Crippen molar-refractivity contribution in [3.8, 4) is 0 Å². The largest absolute Gasteiger partial charge is 0.367 e. The molecule has 0 radical (unpaired) electrons. The molecule has 112 valence electrons. The third-order valence-corrected chi connectivity index (χ3v) is 3.68. The Morgan fingerprint density at radius 2 is 2.00 bits per heavy atom. The molecular weight excluding hydrogens is 252 g/mol. The van der Waals surface area contributed by atoms with E-state index in [1.165, 1.54) is 0 Å². The van der Waals surface area contributed by atoms with Crippen molar-refractivity contribution in [1.29, 1.82) is 0 Å². The monoisotopic (exact) mass is 278 g/mol. The highest BCUT2D eigenvalue weighted by Gasteiger charge is 2.19. The number of hydrogen-bond donors (Lipinski definition) is 1. The van der Waals surface area contributed by atoms with E-state index in [1.807, 2.05) is 30.3 Å². The van der Waals surface area contributed by atoms with Gasteiger partial charge in [-0.3, -0.25) is 4.79 Å². The molecule has 20 heavy (non-hydrogen) atoms. The van der Waals surface area contributed by atoms with Crippen molar-refractivity contribution in [2.75, 3.05) is 27.2 Å². The Labute approximate surface area is 122 Å². The maximum absolute atomic E-state index is 12.1. The number of ether oxygens (including phenoxy) is 1. The van der Waals surface area contributed by atoms with Gasteiger partial charge >= 0.3 is 0 Å². The molecule has 0 saturated carbocycles. The number of likely N-dealkylation sites (N-methyl/N-ethyl adjacent to an activating group) is 1. The average Bonchev–Trinajstić information content (AvgIpc) is 2.48. The van der Waals surface area contributed by atoms with E-state index < -0.39 is 6.10 Å². The SMILES string of the molecule is CC[C@H](C)N(C)CCNC(=O)[C@H](OC)c1ccccc1. The summed E-state index contributed by atoms with van der Waals surface area (Å²) in [5.74, 6) is -0.0868. The maximum Gasteiger partial charge on any atom is 0.253 e. The van der Waals surface area contributed by atoms with Gasteiger partial charge in [0, 0.05) is 26.2 Å². The summed E-state index contributed by atoms with van der Waals surface area (Å²) in [6.07, 6.45) is 0.569. The van der Waals surface area contributed by atoms with E-state index in [2.05, 4.69) is 31.1 Å². The molecule has 4 heteroatoms. The summed E-state index contributed by atoms with van der Waals surface area (Å²) in [7, 11) is 3.63. The van der Waals surface area contributed by atoms with Crippen LogP contribution >= 0.6 is 0 Å². The highest BCUT2D eigenvalue weighted by molar-refractivity contribution is 5.82. The Hall–Kier alpha value is -1.39. The first-order chi connectivity index (χ1) is 9.60. The molecule has 1 aromatic carbocycles. The highest BCUT2D eigenvalue weighted by Crippen LogP contribution is 2.15. The first-order valence-electron chi connectivity index (χ1n) is 7.15. The van der Waals surface area contributed by atoms with Crippen LogP contribution in [-0.2, 0) is 9.53 Å². The van der Waals surface area contributed by atoms with Crippen LogP contribution in [-0.4, -0.2) is 44.1 Å². The smallest absolute Gasteiger partial charge is 0.253 e. The molecule has 0 aliphatic heterocycles. The molecule has 0 fully saturated rings. The van der Waals surface area contributed by atoms with Gasteiger partial charge in [0.25, 0.3) is 5.91 Å². The molecule has 4 nitrogen and oxygen atoms in total. The normalized spacial score (nSPS) is 14.1. The summed E-state index contributed by atoms with van der Waals surface area (Å²) in [6.45, 7) is 5.82. The quantitative estimate of drug-likeness (QED) is 0.793. The highest BCUT2D eigenvalue weighted by atomic mass is 16.5. The van der Waals surface area contributed by atoms with E-state index in [9.17, 15) is 4.79 Å². The minimum atomic E-state index is -0.537. The lowest BCUT2D eigenvalue weighted by atomic mass is 10.1. The minimum Gasteiger partial charge on any atom is -0.367 e.